The lowest BCUT2D eigenvalue weighted by molar-refractivity contribution is -0.141. The maximum atomic E-state index is 11.4. The molecule has 1 aliphatic carbocycles. The minimum Gasteiger partial charge on any atom is -0.469 e. The van der Waals surface area contributed by atoms with Gasteiger partial charge in [-0.05, 0) is 41.7 Å². The van der Waals surface area contributed by atoms with Crippen molar-refractivity contribution in [3.8, 4) is 11.5 Å². The number of thioether (sulfide) groups is 1. The summed E-state index contributed by atoms with van der Waals surface area (Å²) in [4.78, 5) is 11.4. The Morgan fingerprint density at radius 3 is 2.90 bits per heavy atom. The number of carbonyl (C=O) groups is 1. The van der Waals surface area contributed by atoms with Crippen molar-refractivity contribution in [2.45, 2.75) is 25.0 Å². The molecule has 1 fully saturated rings. The van der Waals surface area contributed by atoms with Crippen LogP contribution in [-0.2, 0) is 15.3 Å². The van der Waals surface area contributed by atoms with Crippen LogP contribution in [0.3, 0.4) is 0 Å². The Morgan fingerprint density at radius 1 is 1.35 bits per heavy atom. The van der Waals surface area contributed by atoms with E-state index in [1.165, 1.54) is 12.7 Å². The predicted octanol–water partition coefficient (Wildman–Crippen LogP) is 2.99. The number of ether oxygens (including phenoxy) is 3. The zero-order valence-corrected chi connectivity index (χ0v) is 12.3. The minimum absolute atomic E-state index is 0.0915. The van der Waals surface area contributed by atoms with E-state index < -0.39 is 0 Å². The molecule has 0 spiro atoms. The third-order valence-electron chi connectivity index (χ3n) is 3.82. The highest BCUT2D eigenvalue weighted by Gasteiger charge is 2.44. The number of carbonyl (C=O) groups excluding carboxylic acids is 1. The Hall–Kier alpha value is -1.36. The first-order valence-electron chi connectivity index (χ1n) is 6.74. The van der Waals surface area contributed by atoms with Gasteiger partial charge >= 0.3 is 5.97 Å². The van der Waals surface area contributed by atoms with E-state index in [2.05, 4.69) is 6.07 Å². The van der Waals surface area contributed by atoms with Crippen molar-refractivity contribution in [3.63, 3.8) is 0 Å². The molecule has 0 atom stereocenters. The molecule has 4 nitrogen and oxygen atoms in total. The quantitative estimate of drug-likeness (QED) is 0.755. The first-order valence-corrected chi connectivity index (χ1v) is 7.89. The monoisotopic (exact) mass is 294 g/mol. The molecule has 1 aromatic carbocycles. The molecule has 5 heteroatoms. The van der Waals surface area contributed by atoms with Gasteiger partial charge in [0, 0.05) is 5.75 Å². The van der Waals surface area contributed by atoms with E-state index in [0.717, 1.165) is 35.8 Å². The largest absolute Gasteiger partial charge is 0.469 e. The molecule has 0 unspecified atom stereocenters. The van der Waals surface area contributed by atoms with Gasteiger partial charge in [0.2, 0.25) is 6.79 Å². The Morgan fingerprint density at radius 2 is 2.15 bits per heavy atom. The molecule has 20 heavy (non-hydrogen) atoms. The minimum atomic E-state index is -0.0915. The SMILES string of the molecule is COC(=O)CC1(CSCc2ccc3c(c2)OCO3)CC1. The van der Waals surface area contributed by atoms with E-state index in [1.807, 2.05) is 23.9 Å². The Balaban J connectivity index is 1.49. The molecular formula is C15H18O4S. The van der Waals surface area contributed by atoms with E-state index in [-0.39, 0.29) is 11.4 Å². The number of hydrogen-bond acceptors (Lipinski definition) is 5. The van der Waals surface area contributed by atoms with Gasteiger partial charge in [0.25, 0.3) is 0 Å². The van der Waals surface area contributed by atoms with Gasteiger partial charge in [-0.3, -0.25) is 4.79 Å². The number of methoxy groups -OCH3 is 1. The van der Waals surface area contributed by atoms with Crippen molar-refractivity contribution in [2.75, 3.05) is 19.7 Å². The van der Waals surface area contributed by atoms with Crippen LogP contribution in [0.2, 0.25) is 0 Å². The number of benzene rings is 1. The number of rotatable bonds is 6. The zero-order chi connectivity index (χ0) is 14.0. The standard InChI is InChI=1S/C15H18O4S/c1-17-14(16)7-15(4-5-15)9-20-8-11-2-3-12-13(6-11)19-10-18-12/h2-3,6H,4-5,7-10H2,1H3. The van der Waals surface area contributed by atoms with Crippen LogP contribution in [0, 0.1) is 5.41 Å². The predicted molar refractivity (Wildman–Crippen MR) is 77.0 cm³/mol. The lowest BCUT2D eigenvalue weighted by atomic mass is 10.1. The average Bonchev–Trinajstić information content (AvgIpc) is 3.04. The molecule has 0 aromatic heterocycles. The second-order valence-corrected chi connectivity index (χ2v) is 6.42. The van der Waals surface area contributed by atoms with Gasteiger partial charge in [-0.25, -0.2) is 0 Å². The summed E-state index contributed by atoms with van der Waals surface area (Å²) < 4.78 is 15.4. The lowest BCUT2D eigenvalue weighted by Crippen LogP contribution is -2.13. The van der Waals surface area contributed by atoms with Gasteiger partial charge in [-0.15, -0.1) is 0 Å². The molecule has 0 N–H and O–H groups in total. The second-order valence-electron chi connectivity index (χ2n) is 5.43. The van der Waals surface area contributed by atoms with Crippen molar-refractivity contribution in [1.82, 2.24) is 0 Å². The molecule has 1 heterocycles. The van der Waals surface area contributed by atoms with Crippen LogP contribution in [0.15, 0.2) is 18.2 Å². The van der Waals surface area contributed by atoms with Crippen LogP contribution >= 0.6 is 11.8 Å². The van der Waals surface area contributed by atoms with Gasteiger partial charge in [0.15, 0.2) is 11.5 Å². The Labute approximate surface area is 122 Å². The first kappa shape index (κ1) is 13.6. The third kappa shape index (κ3) is 3.03. The summed E-state index contributed by atoms with van der Waals surface area (Å²) in [6.07, 6.45) is 2.82. The molecule has 0 amide bonds. The maximum absolute atomic E-state index is 11.4. The van der Waals surface area contributed by atoms with E-state index >= 15 is 0 Å². The van der Waals surface area contributed by atoms with Gasteiger partial charge in [0.1, 0.15) is 0 Å². The van der Waals surface area contributed by atoms with Crippen LogP contribution in [0.4, 0.5) is 0 Å². The second kappa shape index (κ2) is 5.56. The van der Waals surface area contributed by atoms with Crippen molar-refractivity contribution in [1.29, 1.82) is 0 Å². The van der Waals surface area contributed by atoms with Gasteiger partial charge in [0.05, 0.1) is 13.5 Å². The molecule has 1 saturated carbocycles. The lowest BCUT2D eigenvalue weighted by Gasteiger charge is -2.13. The highest BCUT2D eigenvalue weighted by Crippen LogP contribution is 2.51. The van der Waals surface area contributed by atoms with Gasteiger partial charge in [-0.2, -0.15) is 11.8 Å². The van der Waals surface area contributed by atoms with Crippen molar-refractivity contribution in [2.24, 2.45) is 5.41 Å². The zero-order valence-electron chi connectivity index (χ0n) is 11.5. The molecule has 3 rings (SSSR count). The summed E-state index contributed by atoms with van der Waals surface area (Å²) in [5, 5.41) is 0. The number of hydrogen-bond donors (Lipinski definition) is 0. The fraction of sp³-hybridized carbons (Fsp3) is 0.533. The fourth-order valence-electron chi connectivity index (χ4n) is 2.34. The maximum Gasteiger partial charge on any atom is 0.306 e. The summed E-state index contributed by atoms with van der Waals surface area (Å²) in [6.45, 7) is 0.314. The third-order valence-corrected chi connectivity index (χ3v) is 5.17. The smallest absolute Gasteiger partial charge is 0.306 e. The molecule has 1 aliphatic heterocycles. The number of esters is 1. The molecule has 108 valence electrons. The molecule has 0 saturated heterocycles. The first-order chi connectivity index (χ1) is 9.71. The highest BCUT2D eigenvalue weighted by atomic mass is 32.2. The fourth-order valence-corrected chi connectivity index (χ4v) is 3.68. The van der Waals surface area contributed by atoms with Gasteiger partial charge in [-0.1, -0.05) is 6.07 Å². The van der Waals surface area contributed by atoms with Crippen LogP contribution in [-0.4, -0.2) is 25.6 Å². The molecule has 0 bridgehead atoms. The molecule has 2 aliphatic rings. The summed E-state index contributed by atoms with van der Waals surface area (Å²) in [6, 6.07) is 6.06. The summed E-state index contributed by atoms with van der Waals surface area (Å²) >= 11 is 1.87. The Kier molecular flexibility index (Phi) is 3.78. The topological polar surface area (TPSA) is 44.8 Å². The van der Waals surface area contributed by atoms with E-state index in [9.17, 15) is 4.79 Å². The molecule has 1 aromatic rings. The molecule has 0 radical (unpaired) electrons. The van der Waals surface area contributed by atoms with Crippen molar-refractivity contribution < 1.29 is 19.0 Å². The van der Waals surface area contributed by atoms with Crippen LogP contribution in [0.5, 0.6) is 11.5 Å². The molecular weight excluding hydrogens is 276 g/mol. The van der Waals surface area contributed by atoms with E-state index in [1.54, 1.807) is 0 Å². The highest BCUT2D eigenvalue weighted by molar-refractivity contribution is 7.98. The Bertz CT molecular complexity index is 511. The van der Waals surface area contributed by atoms with E-state index in [0.29, 0.717) is 13.2 Å². The average molecular weight is 294 g/mol. The summed E-state index contributed by atoms with van der Waals surface area (Å²) in [5.74, 6) is 3.50. The van der Waals surface area contributed by atoms with E-state index in [4.69, 9.17) is 14.2 Å². The van der Waals surface area contributed by atoms with Crippen molar-refractivity contribution >= 4 is 17.7 Å². The normalized spacial score (nSPS) is 17.9. The van der Waals surface area contributed by atoms with Crippen LogP contribution in [0.25, 0.3) is 0 Å². The van der Waals surface area contributed by atoms with Crippen LogP contribution < -0.4 is 9.47 Å². The number of fused-ring (bicyclic) bond motifs is 1. The summed E-state index contributed by atoms with van der Waals surface area (Å²) in [5.41, 5.74) is 1.42. The summed E-state index contributed by atoms with van der Waals surface area (Å²) in [7, 11) is 1.46. The van der Waals surface area contributed by atoms with Crippen LogP contribution in [0.1, 0.15) is 24.8 Å². The van der Waals surface area contributed by atoms with Crippen molar-refractivity contribution in [3.05, 3.63) is 23.8 Å². The van der Waals surface area contributed by atoms with Gasteiger partial charge < -0.3 is 14.2 Å².